The van der Waals surface area contributed by atoms with Gasteiger partial charge in [0.25, 0.3) is 0 Å². The van der Waals surface area contributed by atoms with Crippen LogP contribution in [0.5, 0.6) is 11.5 Å². The molecule has 0 unspecified atom stereocenters. The normalized spacial score (nSPS) is 12.5. The van der Waals surface area contributed by atoms with Gasteiger partial charge in [-0.3, -0.25) is 4.57 Å². The third-order valence-electron chi connectivity index (χ3n) is 20.5. The highest BCUT2D eigenvalue weighted by molar-refractivity contribution is 6.23. The molecule has 2 aliphatic heterocycles. The Hall–Kier alpha value is -12.8. The van der Waals surface area contributed by atoms with Crippen molar-refractivity contribution in [2.75, 3.05) is 16.5 Å². The van der Waals surface area contributed by atoms with Crippen LogP contribution in [-0.2, 0) is 5.41 Å². The number of benzene rings is 14. The van der Waals surface area contributed by atoms with Gasteiger partial charge in [0, 0.05) is 67.8 Å². The van der Waals surface area contributed by atoms with E-state index in [1.54, 1.807) is 0 Å². The number of hydrogen-bond acceptors (Lipinski definition) is 4. The van der Waals surface area contributed by atoms with Crippen molar-refractivity contribution in [3.8, 4) is 112 Å². The Labute approximate surface area is 581 Å². The van der Waals surface area contributed by atoms with Gasteiger partial charge in [-0.15, -0.1) is 0 Å². The molecule has 0 spiro atoms. The Morgan fingerprint density at radius 1 is 0.320 bits per heavy atom. The van der Waals surface area contributed by atoms with Gasteiger partial charge >= 0.3 is 0 Å². The summed E-state index contributed by atoms with van der Waals surface area (Å²) in [6, 6.07) is 122. The van der Waals surface area contributed by atoms with E-state index in [0.29, 0.717) is 6.67 Å². The van der Waals surface area contributed by atoms with Gasteiger partial charge in [0.2, 0.25) is 0 Å². The van der Waals surface area contributed by atoms with E-state index in [1.807, 2.05) is 6.20 Å². The average molecular weight is 1280 g/mol. The van der Waals surface area contributed by atoms with Crippen LogP contribution in [0.15, 0.2) is 340 Å². The van der Waals surface area contributed by atoms with Gasteiger partial charge in [-0.05, 0) is 181 Å². The van der Waals surface area contributed by atoms with Crippen molar-refractivity contribution in [2.45, 2.75) is 26.2 Å². The molecule has 0 bridgehead atoms. The molecular formula is C94H67N5O. The van der Waals surface area contributed by atoms with E-state index in [0.717, 1.165) is 129 Å². The second kappa shape index (κ2) is 23.5. The summed E-state index contributed by atoms with van der Waals surface area (Å²) in [6.45, 7) is 7.33. The zero-order valence-corrected chi connectivity index (χ0v) is 55.7. The summed E-state index contributed by atoms with van der Waals surface area (Å²) in [5.41, 5.74) is 29.6. The Bertz CT molecular complexity index is 5820. The van der Waals surface area contributed by atoms with Gasteiger partial charge in [0.05, 0.1) is 44.8 Å². The van der Waals surface area contributed by atoms with Crippen LogP contribution in [0.2, 0.25) is 0 Å². The molecule has 0 saturated heterocycles. The van der Waals surface area contributed by atoms with Crippen LogP contribution in [0.1, 0.15) is 26.3 Å². The lowest BCUT2D eigenvalue weighted by atomic mass is 9.88. The third kappa shape index (κ3) is 9.81. The van der Waals surface area contributed by atoms with Gasteiger partial charge in [-0.2, -0.15) is 0 Å². The van der Waals surface area contributed by atoms with Crippen LogP contribution in [0.25, 0.3) is 144 Å². The largest absolute Gasteiger partial charge is 0.457 e. The number of pyridine rings is 1. The number of hydrogen-bond donors (Lipinski definition) is 0. The van der Waals surface area contributed by atoms with E-state index in [1.165, 1.54) is 55.0 Å². The molecule has 0 N–H and O–H groups in total. The van der Waals surface area contributed by atoms with Crippen molar-refractivity contribution >= 4 is 66.4 Å². The summed E-state index contributed by atoms with van der Waals surface area (Å²) in [5.74, 6) is 2.30. The quantitative estimate of drug-likeness (QED) is 0.129. The minimum Gasteiger partial charge on any atom is -0.457 e. The van der Waals surface area contributed by atoms with E-state index >= 15 is 0 Å². The molecule has 2 aliphatic rings. The maximum Gasteiger partial charge on any atom is 0.137 e. The van der Waals surface area contributed by atoms with Gasteiger partial charge in [-0.25, -0.2) is 4.98 Å². The highest BCUT2D eigenvalue weighted by atomic mass is 16.5. The molecule has 5 heterocycles. The number of ether oxygens (including phenoxy) is 1. The highest BCUT2D eigenvalue weighted by Crippen LogP contribution is 2.54. The molecule has 0 atom stereocenters. The molecule has 0 radical (unpaired) electrons. The van der Waals surface area contributed by atoms with Crippen molar-refractivity contribution < 1.29 is 4.74 Å². The van der Waals surface area contributed by atoms with Crippen LogP contribution >= 0.6 is 0 Å². The maximum absolute atomic E-state index is 7.22. The second-order valence-electron chi connectivity index (χ2n) is 27.5. The van der Waals surface area contributed by atoms with E-state index in [9.17, 15) is 0 Å². The predicted molar refractivity (Wildman–Crippen MR) is 417 cm³/mol. The van der Waals surface area contributed by atoms with Gasteiger partial charge in [0.1, 0.15) is 24.0 Å². The monoisotopic (exact) mass is 1280 g/mol. The van der Waals surface area contributed by atoms with E-state index in [-0.39, 0.29) is 5.41 Å². The minimum absolute atomic E-state index is 0.112. The van der Waals surface area contributed by atoms with Gasteiger partial charge in [-0.1, -0.05) is 239 Å². The minimum atomic E-state index is -0.112. The third-order valence-corrected chi connectivity index (χ3v) is 20.5. The summed E-state index contributed by atoms with van der Waals surface area (Å²) < 4.78 is 12.1. The fraction of sp³-hybridized carbons (Fsp3) is 0.0532. The predicted octanol–water partition coefficient (Wildman–Crippen LogP) is 25.3. The Kier molecular flexibility index (Phi) is 13.8. The van der Waals surface area contributed by atoms with E-state index in [4.69, 9.17) is 9.72 Å². The van der Waals surface area contributed by atoms with E-state index < -0.39 is 0 Å². The first-order chi connectivity index (χ1) is 49.2. The summed E-state index contributed by atoms with van der Waals surface area (Å²) >= 11 is 0. The lowest BCUT2D eigenvalue weighted by Crippen LogP contribution is -2.25. The van der Waals surface area contributed by atoms with Crippen molar-refractivity contribution in [1.82, 2.24) is 14.1 Å². The Morgan fingerprint density at radius 3 is 1.46 bits per heavy atom. The number of rotatable bonds is 11. The molecule has 14 aromatic carbocycles. The van der Waals surface area contributed by atoms with Gasteiger partial charge in [0.15, 0.2) is 0 Å². The average Bonchev–Trinajstić information content (AvgIpc) is 1.54. The van der Waals surface area contributed by atoms with Crippen LogP contribution in [0.4, 0.5) is 22.7 Å². The Balaban J connectivity index is 0.763. The lowest BCUT2D eigenvalue weighted by molar-refractivity contribution is 0.483. The summed E-state index contributed by atoms with van der Waals surface area (Å²) in [4.78, 5) is 10.2. The standard InChI is InChI=1S/C94H67N5O/c1-94(2,3)71-49-50-95-89(57-71)98-86-47-48-87-90(79-37-17-16-35-77(79)80-40-24-41-81-78-36-18-19-42-83(78)99(87)93(80)81)91(86)82-46-45-74(59-88(82)98)100-73-34-22-33-72(58-73)96-60-97(85-44-21-20-43-84(85)96)92-75(69-53-65(61-25-8-4-9-26-61)51-66(54-69)62-27-10-5-11-28-62)38-23-39-76(92)70-55-67(63-29-12-6-13-30-63)52-68(56-70)64-31-14-7-15-32-64/h4-59H,60H2,1-3H3. The fourth-order valence-corrected chi connectivity index (χ4v) is 15.8. The maximum atomic E-state index is 7.22. The molecule has 3 aromatic heterocycles. The van der Waals surface area contributed by atoms with Crippen molar-refractivity contribution in [1.29, 1.82) is 0 Å². The smallest absolute Gasteiger partial charge is 0.137 e. The Morgan fingerprint density at radius 2 is 0.830 bits per heavy atom. The molecule has 0 aliphatic carbocycles. The van der Waals surface area contributed by atoms with Crippen LogP contribution in [0.3, 0.4) is 0 Å². The number of fused-ring (bicyclic) bond motifs is 13. The zero-order chi connectivity index (χ0) is 66.6. The zero-order valence-electron chi connectivity index (χ0n) is 55.7. The molecule has 6 nitrogen and oxygen atoms in total. The van der Waals surface area contributed by atoms with Crippen molar-refractivity contribution in [3.05, 3.63) is 345 Å². The highest BCUT2D eigenvalue weighted by Gasteiger charge is 2.34. The number of nitrogens with zero attached hydrogens (tertiary/aromatic N) is 5. The lowest BCUT2D eigenvalue weighted by Gasteiger charge is -2.28. The SMILES string of the molecule is CC(C)(C)c1ccnc(-n2c3cc(Oc4cccc(N5CN(c6c(-c7cc(-c8ccccc8)cc(-c8ccccc8)c7)cccc6-c6cc(-c7ccccc7)cc(-c7ccccc7)c6)c6ccccc65)c4)ccc3c3c4c(ccc32)-n2c3ccccc3c3cccc(c32)-c2ccccc2-4)c1. The summed E-state index contributed by atoms with van der Waals surface area (Å²) in [7, 11) is 0. The molecule has 0 fully saturated rings. The first-order valence-electron chi connectivity index (χ1n) is 34.5. The van der Waals surface area contributed by atoms with Crippen molar-refractivity contribution in [3.63, 3.8) is 0 Å². The summed E-state index contributed by atoms with van der Waals surface area (Å²) in [6.07, 6.45) is 1.96. The second-order valence-corrected chi connectivity index (χ2v) is 27.5. The molecule has 19 rings (SSSR count). The fourth-order valence-electron chi connectivity index (χ4n) is 15.8. The number of aromatic nitrogens is 3. The number of anilines is 4. The van der Waals surface area contributed by atoms with Crippen LogP contribution in [0, 0.1) is 0 Å². The molecule has 0 amide bonds. The van der Waals surface area contributed by atoms with Crippen LogP contribution < -0.4 is 14.5 Å². The molecule has 474 valence electrons. The van der Waals surface area contributed by atoms with E-state index in [2.05, 4.69) is 373 Å². The topological polar surface area (TPSA) is 38.5 Å². The molecule has 6 heteroatoms. The first kappa shape index (κ1) is 58.6. The molecule has 0 saturated carbocycles. The number of para-hydroxylation sites is 5. The van der Waals surface area contributed by atoms with Gasteiger partial charge < -0.3 is 19.1 Å². The van der Waals surface area contributed by atoms with Crippen molar-refractivity contribution in [2.24, 2.45) is 0 Å². The summed E-state index contributed by atoms with van der Waals surface area (Å²) in [5, 5.41) is 4.77. The first-order valence-corrected chi connectivity index (χ1v) is 34.5. The molecule has 100 heavy (non-hydrogen) atoms. The molecule has 17 aromatic rings. The molecular weight excluding hydrogens is 1220 g/mol. The van der Waals surface area contributed by atoms with Crippen LogP contribution in [-0.4, -0.2) is 20.8 Å².